The van der Waals surface area contributed by atoms with Gasteiger partial charge in [0.15, 0.2) is 9.84 Å². The SMILES string of the molecule is CS(=O)(=O)c1ccccc1[C@H](Br)C=O. The second kappa shape index (κ2) is 4.23. The minimum atomic E-state index is -3.28. The van der Waals surface area contributed by atoms with E-state index in [0.717, 1.165) is 6.26 Å². The third-order valence-corrected chi connectivity index (χ3v) is 3.61. The van der Waals surface area contributed by atoms with Crippen LogP contribution in [0.3, 0.4) is 0 Å². The van der Waals surface area contributed by atoms with Crippen molar-refractivity contribution in [1.29, 1.82) is 0 Å². The number of halogens is 1. The smallest absolute Gasteiger partial charge is 0.175 e. The van der Waals surface area contributed by atoms with Crippen LogP contribution in [0.25, 0.3) is 0 Å². The van der Waals surface area contributed by atoms with E-state index in [4.69, 9.17) is 0 Å². The second-order valence-electron chi connectivity index (χ2n) is 2.85. The molecule has 0 saturated carbocycles. The quantitative estimate of drug-likeness (QED) is 0.624. The molecule has 0 N–H and O–H groups in total. The van der Waals surface area contributed by atoms with Crippen LogP contribution in [0.4, 0.5) is 0 Å². The van der Waals surface area contributed by atoms with Gasteiger partial charge in [-0.05, 0) is 11.6 Å². The predicted octanol–water partition coefficient (Wildman–Crippen LogP) is 1.73. The molecular formula is C9H9BrO3S. The molecular weight excluding hydrogens is 268 g/mol. The molecule has 1 rings (SSSR count). The van der Waals surface area contributed by atoms with Gasteiger partial charge in [0, 0.05) is 6.26 Å². The average Bonchev–Trinajstić information content (AvgIpc) is 2.15. The van der Waals surface area contributed by atoms with E-state index in [2.05, 4.69) is 15.9 Å². The van der Waals surface area contributed by atoms with Gasteiger partial charge < -0.3 is 4.79 Å². The van der Waals surface area contributed by atoms with E-state index in [1.165, 1.54) is 6.07 Å². The van der Waals surface area contributed by atoms with Crippen LogP contribution in [0.5, 0.6) is 0 Å². The molecule has 0 spiro atoms. The molecule has 0 aliphatic rings. The van der Waals surface area contributed by atoms with E-state index >= 15 is 0 Å². The molecule has 3 nitrogen and oxygen atoms in total. The van der Waals surface area contributed by atoms with Crippen molar-refractivity contribution in [3.05, 3.63) is 29.8 Å². The molecule has 1 aromatic rings. The summed E-state index contributed by atoms with van der Waals surface area (Å²) in [6.07, 6.45) is 1.78. The Morgan fingerprint density at radius 2 is 1.93 bits per heavy atom. The number of benzene rings is 1. The van der Waals surface area contributed by atoms with Crippen LogP contribution in [-0.4, -0.2) is 21.0 Å². The molecule has 0 amide bonds. The molecule has 14 heavy (non-hydrogen) atoms. The maximum absolute atomic E-state index is 11.3. The van der Waals surface area contributed by atoms with Gasteiger partial charge in [-0.2, -0.15) is 0 Å². The molecule has 0 heterocycles. The first kappa shape index (κ1) is 11.4. The number of hydrogen-bond acceptors (Lipinski definition) is 3. The van der Waals surface area contributed by atoms with Crippen molar-refractivity contribution in [2.45, 2.75) is 9.72 Å². The molecule has 0 aliphatic carbocycles. The third kappa shape index (κ3) is 2.42. The van der Waals surface area contributed by atoms with Crippen LogP contribution >= 0.6 is 15.9 Å². The van der Waals surface area contributed by atoms with Gasteiger partial charge in [-0.1, -0.05) is 34.1 Å². The summed E-state index contributed by atoms with van der Waals surface area (Å²) in [5.41, 5.74) is 0.477. The van der Waals surface area contributed by atoms with E-state index in [1.807, 2.05) is 0 Å². The number of sulfone groups is 1. The largest absolute Gasteiger partial charge is 0.302 e. The van der Waals surface area contributed by atoms with Gasteiger partial charge in [0.25, 0.3) is 0 Å². The van der Waals surface area contributed by atoms with Crippen LogP contribution in [0.15, 0.2) is 29.2 Å². The number of alkyl halides is 1. The van der Waals surface area contributed by atoms with Crippen LogP contribution in [-0.2, 0) is 14.6 Å². The highest BCUT2D eigenvalue weighted by atomic mass is 79.9. The van der Waals surface area contributed by atoms with E-state index in [1.54, 1.807) is 18.2 Å². The molecule has 5 heteroatoms. The van der Waals surface area contributed by atoms with E-state index in [0.29, 0.717) is 11.8 Å². The van der Waals surface area contributed by atoms with Gasteiger partial charge in [0.1, 0.15) is 6.29 Å². The summed E-state index contributed by atoms with van der Waals surface area (Å²) in [6, 6.07) is 6.43. The lowest BCUT2D eigenvalue weighted by atomic mass is 10.2. The molecule has 0 saturated heterocycles. The molecule has 0 unspecified atom stereocenters. The average molecular weight is 277 g/mol. The highest BCUT2D eigenvalue weighted by molar-refractivity contribution is 9.09. The summed E-state index contributed by atoms with van der Waals surface area (Å²) in [4.78, 5) is 10.2. The van der Waals surface area contributed by atoms with Crippen molar-refractivity contribution < 1.29 is 13.2 Å². The third-order valence-electron chi connectivity index (χ3n) is 1.74. The lowest BCUT2D eigenvalue weighted by Gasteiger charge is -2.08. The topological polar surface area (TPSA) is 51.2 Å². The first-order chi connectivity index (χ1) is 6.46. The van der Waals surface area contributed by atoms with Gasteiger partial charge in [-0.25, -0.2) is 8.42 Å². The minimum Gasteiger partial charge on any atom is -0.302 e. The minimum absolute atomic E-state index is 0.189. The maximum Gasteiger partial charge on any atom is 0.175 e. The molecule has 76 valence electrons. The lowest BCUT2D eigenvalue weighted by Crippen LogP contribution is -2.04. The zero-order valence-corrected chi connectivity index (χ0v) is 9.88. The van der Waals surface area contributed by atoms with Crippen LogP contribution in [0, 0.1) is 0 Å². The van der Waals surface area contributed by atoms with Crippen molar-refractivity contribution in [2.24, 2.45) is 0 Å². The predicted molar refractivity (Wildman–Crippen MR) is 57.3 cm³/mol. The van der Waals surface area contributed by atoms with Gasteiger partial charge in [0.05, 0.1) is 9.72 Å². The molecule has 0 fully saturated rings. The van der Waals surface area contributed by atoms with Crippen molar-refractivity contribution in [3.8, 4) is 0 Å². The number of carbonyl (C=O) groups excluding carboxylic acids is 1. The Kier molecular flexibility index (Phi) is 3.44. The Morgan fingerprint density at radius 1 is 1.36 bits per heavy atom. The zero-order valence-electron chi connectivity index (χ0n) is 7.48. The lowest BCUT2D eigenvalue weighted by molar-refractivity contribution is -0.107. The summed E-state index contributed by atoms with van der Waals surface area (Å²) < 4.78 is 22.7. The van der Waals surface area contributed by atoms with Crippen molar-refractivity contribution in [1.82, 2.24) is 0 Å². The Hall–Kier alpha value is -0.680. The summed E-state index contributed by atoms with van der Waals surface area (Å²) >= 11 is 3.10. The molecule has 0 aliphatic heterocycles. The van der Waals surface area contributed by atoms with Crippen molar-refractivity contribution in [2.75, 3.05) is 6.26 Å². The van der Waals surface area contributed by atoms with Gasteiger partial charge in [-0.15, -0.1) is 0 Å². The van der Waals surface area contributed by atoms with E-state index < -0.39 is 14.7 Å². The Morgan fingerprint density at radius 3 is 2.43 bits per heavy atom. The van der Waals surface area contributed by atoms with Gasteiger partial charge in [-0.3, -0.25) is 0 Å². The van der Waals surface area contributed by atoms with Crippen LogP contribution in [0.2, 0.25) is 0 Å². The van der Waals surface area contributed by atoms with Gasteiger partial charge in [0.2, 0.25) is 0 Å². The number of hydrogen-bond donors (Lipinski definition) is 0. The highest BCUT2D eigenvalue weighted by Crippen LogP contribution is 2.26. The van der Waals surface area contributed by atoms with Gasteiger partial charge >= 0.3 is 0 Å². The maximum atomic E-state index is 11.3. The zero-order chi connectivity index (χ0) is 10.8. The summed E-state index contributed by atoms with van der Waals surface area (Å²) in [6.45, 7) is 0. The first-order valence-corrected chi connectivity index (χ1v) is 6.66. The summed E-state index contributed by atoms with van der Waals surface area (Å²) in [7, 11) is -3.28. The summed E-state index contributed by atoms with van der Waals surface area (Å²) in [5, 5.41) is 0. The fourth-order valence-corrected chi connectivity index (χ4v) is 2.62. The number of carbonyl (C=O) groups is 1. The van der Waals surface area contributed by atoms with E-state index in [-0.39, 0.29) is 4.90 Å². The van der Waals surface area contributed by atoms with Crippen LogP contribution < -0.4 is 0 Å². The molecule has 1 aromatic carbocycles. The standard InChI is InChI=1S/C9H9BrO3S/c1-14(12,13)9-5-3-2-4-7(9)8(10)6-11/h2-6,8H,1H3/t8-/m1/s1. The number of rotatable bonds is 3. The Balaban J connectivity index is 3.37. The fourth-order valence-electron chi connectivity index (χ4n) is 1.12. The summed E-state index contributed by atoms with van der Waals surface area (Å²) in [5.74, 6) is 0. The fraction of sp³-hybridized carbons (Fsp3) is 0.222. The molecule has 1 atom stereocenters. The highest BCUT2D eigenvalue weighted by Gasteiger charge is 2.17. The molecule has 0 bridgehead atoms. The van der Waals surface area contributed by atoms with Crippen molar-refractivity contribution in [3.63, 3.8) is 0 Å². The second-order valence-corrected chi connectivity index (χ2v) is 5.82. The Bertz CT molecular complexity index is 439. The van der Waals surface area contributed by atoms with Crippen LogP contribution in [0.1, 0.15) is 10.4 Å². The molecule has 0 aromatic heterocycles. The van der Waals surface area contributed by atoms with Crippen molar-refractivity contribution >= 4 is 32.1 Å². The molecule has 0 radical (unpaired) electrons. The Labute approximate surface area is 91.2 Å². The monoisotopic (exact) mass is 276 g/mol. The first-order valence-electron chi connectivity index (χ1n) is 3.85. The number of aldehydes is 1. The normalized spacial score (nSPS) is 13.6. The van der Waals surface area contributed by atoms with E-state index in [9.17, 15) is 13.2 Å².